The second kappa shape index (κ2) is 7.98. The molecule has 1 N–H and O–H groups in total. The summed E-state index contributed by atoms with van der Waals surface area (Å²) in [7, 11) is 0. The number of ether oxygens (including phenoxy) is 1. The van der Waals surface area contributed by atoms with Crippen LogP contribution in [0.15, 0.2) is 6.20 Å². The minimum Gasteiger partial charge on any atom is -0.396 e. The molecule has 0 spiro atoms. The van der Waals surface area contributed by atoms with Crippen LogP contribution in [0.1, 0.15) is 42.2 Å². The van der Waals surface area contributed by atoms with Crippen LogP contribution in [0.25, 0.3) is 0 Å². The summed E-state index contributed by atoms with van der Waals surface area (Å²) in [6.07, 6.45) is -1.96. The second-order valence-corrected chi connectivity index (χ2v) is 5.66. The number of hydrogen-bond donors (Lipinski definition) is 1. The molecular formula is C15H22F3N3O3. The zero-order valence-corrected chi connectivity index (χ0v) is 13.6. The molecular weight excluding hydrogens is 327 g/mol. The van der Waals surface area contributed by atoms with Gasteiger partial charge in [-0.25, -0.2) is 0 Å². The smallest absolute Gasteiger partial charge is 0.396 e. The number of likely N-dealkylation sites (tertiary alicyclic amines) is 1. The van der Waals surface area contributed by atoms with E-state index in [4.69, 9.17) is 9.84 Å². The van der Waals surface area contributed by atoms with E-state index in [0.717, 1.165) is 10.9 Å². The highest BCUT2D eigenvalue weighted by Crippen LogP contribution is 2.33. The van der Waals surface area contributed by atoms with Crippen LogP contribution in [0.4, 0.5) is 13.2 Å². The average molecular weight is 349 g/mol. The van der Waals surface area contributed by atoms with Gasteiger partial charge < -0.3 is 14.7 Å². The molecule has 1 fully saturated rings. The molecule has 0 atom stereocenters. The molecule has 1 aromatic heterocycles. The van der Waals surface area contributed by atoms with Gasteiger partial charge in [0.2, 0.25) is 0 Å². The first kappa shape index (κ1) is 18.7. The third kappa shape index (κ3) is 4.27. The summed E-state index contributed by atoms with van der Waals surface area (Å²) < 4.78 is 46.0. The Kier molecular flexibility index (Phi) is 6.22. The van der Waals surface area contributed by atoms with Gasteiger partial charge >= 0.3 is 6.18 Å². The summed E-state index contributed by atoms with van der Waals surface area (Å²) in [5, 5.41) is 12.4. The van der Waals surface area contributed by atoms with E-state index in [0.29, 0.717) is 39.0 Å². The molecule has 0 radical (unpaired) electrons. The first-order chi connectivity index (χ1) is 11.4. The number of hydrogen-bond acceptors (Lipinski definition) is 4. The van der Waals surface area contributed by atoms with Crippen LogP contribution in [0.3, 0.4) is 0 Å². The maximum atomic E-state index is 13.2. The Balaban J connectivity index is 2.02. The molecule has 1 aliphatic heterocycles. The summed E-state index contributed by atoms with van der Waals surface area (Å²) in [5.41, 5.74) is -1.39. The first-order valence-electron chi connectivity index (χ1n) is 8.03. The van der Waals surface area contributed by atoms with Crippen molar-refractivity contribution < 1.29 is 27.8 Å². The summed E-state index contributed by atoms with van der Waals surface area (Å²) in [5.74, 6) is -0.643. The van der Waals surface area contributed by atoms with Gasteiger partial charge in [-0.3, -0.25) is 9.48 Å². The number of carbonyl (C=O) groups is 1. The van der Waals surface area contributed by atoms with Crippen LogP contribution >= 0.6 is 0 Å². The van der Waals surface area contributed by atoms with Gasteiger partial charge in [0.05, 0.1) is 17.9 Å². The van der Waals surface area contributed by atoms with Gasteiger partial charge in [0.15, 0.2) is 5.69 Å². The topological polar surface area (TPSA) is 67.6 Å². The number of aryl methyl sites for hydroxylation is 1. The Hall–Kier alpha value is -1.61. The number of nitrogens with zero attached hydrogens (tertiary/aromatic N) is 3. The lowest BCUT2D eigenvalue weighted by atomic mass is 10.1. The third-order valence-electron chi connectivity index (χ3n) is 4.02. The van der Waals surface area contributed by atoms with Crippen molar-refractivity contribution in [2.45, 2.75) is 45.0 Å². The molecule has 0 aliphatic carbocycles. The molecule has 2 heterocycles. The maximum Gasteiger partial charge on any atom is 0.433 e. The highest BCUT2D eigenvalue weighted by Gasteiger charge is 2.41. The number of aliphatic hydroxyl groups is 1. The Bertz CT molecular complexity index is 552. The molecule has 24 heavy (non-hydrogen) atoms. The Morgan fingerprint density at radius 3 is 2.62 bits per heavy atom. The molecule has 136 valence electrons. The van der Waals surface area contributed by atoms with E-state index in [2.05, 4.69) is 5.10 Å². The Labute approximate surface area is 138 Å². The number of rotatable bonds is 6. The molecule has 0 aromatic carbocycles. The quantitative estimate of drug-likeness (QED) is 0.797. The van der Waals surface area contributed by atoms with E-state index in [-0.39, 0.29) is 19.3 Å². The van der Waals surface area contributed by atoms with E-state index < -0.39 is 23.3 Å². The van der Waals surface area contributed by atoms with E-state index in [1.807, 2.05) is 0 Å². The van der Waals surface area contributed by atoms with Crippen LogP contribution in [-0.2, 0) is 17.5 Å². The van der Waals surface area contributed by atoms with Crippen LogP contribution in [0.2, 0.25) is 0 Å². The minimum atomic E-state index is -4.62. The van der Waals surface area contributed by atoms with Gasteiger partial charge in [-0.2, -0.15) is 18.3 Å². The van der Waals surface area contributed by atoms with Gasteiger partial charge in [0.25, 0.3) is 5.91 Å². The summed E-state index contributed by atoms with van der Waals surface area (Å²) in [4.78, 5) is 13.9. The van der Waals surface area contributed by atoms with Crippen LogP contribution < -0.4 is 0 Å². The first-order valence-corrected chi connectivity index (χ1v) is 8.03. The largest absolute Gasteiger partial charge is 0.433 e. The van der Waals surface area contributed by atoms with Crippen molar-refractivity contribution in [1.29, 1.82) is 0 Å². The number of carbonyl (C=O) groups excluding carboxylic acids is 1. The van der Waals surface area contributed by atoms with Crippen molar-refractivity contribution in [3.05, 3.63) is 17.5 Å². The van der Waals surface area contributed by atoms with Gasteiger partial charge in [0.1, 0.15) is 0 Å². The van der Waals surface area contributed by atoms with Crippen molar-refractivity contribution in [3.8, 4) is 0 Å². The molecule has 0 bridgehead atoms. The van der Waals surface area contributed by atoms with Crippen molar-refractivity contribution in [3.63, 3.8) is 0 Å². The molecule has 1 aliphatic rings. The van der Waals surface area contributed by atoms with Crippen molar-refractivity contribution in [1.82, 2.24) is 14.7 Å². The molecule has 1 aromatic rings. The summed E-state index contributed by atoms with van der Waals surface area (Å²) in [6.45, 7) is 2.78. The van der Waals surface area contributed by atoms with Crippen molar-refractivity contribution in [2.75, 3.05) is 26.3 Å². The fourth-order valence-corrected chi connectivity index (χ4v) is 2.79. The number of halogens is 3. The SMILES string of the molecule is CCn1ncc(C(=O)N2CCC(OCCCO)CC2)c1C(F)(F)F. The zero-order valence-electron chi connectivity index (χ0n) is 13.6. The highest BCUT2D eigenvalue weighted by molar-refractivity contribution is 5.95. The van der Waals surface area contributed by atoms with Crippen LogP contribution in [0, 0.1) is 0 Å². The molecule has 0 saturated carbocycles. The van der Waals surface area contributed by atoms with E-state index in [1.165, 1.54) is 4.90 Å². The number of alkyl halides is 3. The molecule has 2 rings (SSSR count). The fraction of sp³-hybridized carbons (Fsp3) is 0.733. The van der Waals surface area contributed by atoms with E-state index in [1.54, 1.807) is 6.92 Å². The molecule has 9 heteroatoms. The monoisotopic (exact) mass is 349 g/mol. The number of amides is 1. The predicted molar refractivity (Wildman–Crippen MR) is 79.5 cm³/mol. The molecule has 1 saturated heterocycles. The second-order valence-electron chi connectivity index (χ2n) is 5.66. The standard InChI is InChI=1S/C15H22F3N3O3/c1-2-21-13(15(16,17)18)12(10-19-21)14(23)20-6-4-11(5-7-20)24-9-3-8-22/h10-11,22H,2-9H2,1H3. The van der Waals surface area contributed by atoms with Gasteiger partial charge in [-0.15, -0.1) is 0 Å². The minimum absolute atomic E-state index is 0.0268. The number of aromatic nitrogens is 2. The fourth-order valence-electron chi connectivity index (χ4n) is 2.79. The molecule has 1 amide bonds. The number of piperidine rings is 1. The van der Waals surface area contributed by atoms with Gasteiger partial charge in [0, 0.05) is 32.8 Å². The van der Waals surface area contributed by atoms with E-state index in [9.17, 15) is 18.0 Å². The average Bonchev–Trinajstić information content (AvgIpc) is 2.99. The van der Waals surface area contributed by atoms with Crippen molar-refractivity contribution in [2.24, 2.45) is 0 Å². The maximum absolute atomic E-state index is 13.2. The lowest BCUT2D eigenvalue weighted by molar-refractivity contribution is -0.144. The van der Waals surface area contributed by atoms with Crippen LogP contribution in [-0.4, -0.2) is 58.1 Å². The third-order valence-corrected chi connectivity index (χ3v) is 4.02. The van der Waals surface area contributed by atoms with Crippen molar-refractivity contribution >= 4 is 5.91 Å². The normalized spacial score (nSPS) is 16.6. The molecule has 0 unspecified atom stereocenters. The summed E-state index contributed by atoms with van der Waals surface area (Å²) in [6, 6.07) is 0. The Morgan fingerprint density at radius 2 is 2.08 bits per heavy atom. The van der Waals surface area contributed by atoms with Gasteiger partial charge in [-0.05, 0) is 26.2 Å². The zero-order chi connectivity index (χ0) is 17.7. The van der Waals surface area contributed by atoms with Crippen LogP contribution in [0.5, 0.6) is 0 Å². The van der Waals surface area contributed by atoms with Gasteiger partial charge in [-0.1, -0.05) is 0 Å². The number of aliphatic hydroxyl groups excluding tert-OH is 1. The lowest BCUT2D eigenvalue weighted by Crippen LogP contribution is -2.41. The Morgan fingerprint density at radius 1 is 1.42 bits per heavy atom. The summed E-state index contributed by atoms with van der Waals surface area (Å²) >= 11 is 0. The highest BCUT2D eigenvalue weighted by atomic mass is 19.4. The lowest BCUT2D eigenvalue weighted by Gasteiger charge is -2.32. The molecule has 6 nitrogen and oxygen atoms in total. The van der Waals surface area contributed by atoms with E-state index >= 15 is 0 Å². The predicted octanol–water partition coefficient (Wildman–Crippen LogP) is 1.93.